The number of rotatable bonds is 1. The molecule has 1 spiro atoms. The van der Waals surface area contributed by atoms with Crippen LogP contribution in [0.3, 0.4) is 0 Å². The smallest absolute Gasteiger partial charge is 0.204 e. The first-order chi connectivity index (χ1) is 8.85. The molecule has 0 bridgehead atoms. The van der Waals surface area contributed by atoms with Crippen LogP contribution in [-0.4, -0.2) is 79.4 Å². The van der Waals surface area contributed by atoms with E-state index in [0.29, 0.717) is 0 Å². The molecule has 19 heavy (non-hydrogen) atoms. The Morgan fingerprint density at radius 3 is 2.79 bits per heavy atom. The third-order valence-electron chi connectivity index (χ3n) is 4.27. The predicted molar refractivity (Wildman–Crippen MR) is 62.2 cm³/mol. The van der Waals surface area contributed by atoms with Gasteiger partial charge in [0, 0.05) is 13.0 Å². The maximum absolute atomic E-state index is 10.3. The van der Waals surface area contributed by atoms with Gasteiger partial charge in [0.25, 0.3) is 0 Å². The summed E-state index contributed by atoms with van der Waals surface area (Å²) in [5, 5.41) is 43.5. The zero-order valence-electron chi connectivity index (χ0n) is 10.1. The summed E-state index contributed by atoms with van der Waals surface area (Å²) in [7, 11) is 0. The molecule has 2 fully saturated rings. The molecule has 0 aromatic heterocycles. The van der Waals surface area contributed by atoms with Crippen LogP contribution in [-0.2, 0) is 0 Å². The zero-order chi connectivity index (χ0) is 14.0. The number of nitrogens with one attached hydrogen (secondary N) is 1. The Labute approximate surface area is 108 Å². The van der Waals surface area contributed by atoms with Gasteiger partial charge in [0.1, 0.15) is 12.3 Å². The van der Waals surface area contributed by atoms with Crippen molar-refractivity contribution in [2.75, 3.05) is 13.2 Å². The summed E-state index contributed by atoms with van der Waals surface area (Å²) in [6.45, 7) is -0.200. The van der Waals surface area contributed by atoms with Crippen molar-refractivity contribution < 1.29 is 20.5 Å². The standard InChI is InChI=1S/C9H18N6O4/c10-6-12-5-4(3-16)15(19)7(11)14-2-1-8(17,18)9(5,14)13-6/h4-5,7,16-19H,1-3,11H2,(H3,10,12,13)/t4-,5-,7?,9-/m0/s1. The summed E-state index contributed by atoms with van der Waals surface area (Å²) in [6, 6.07) is -1.73. The van der Waals surface area contributed by atoms with E-state index in [2.05, 4.69) is 10.3 Å². The number of aliphatic imine (C=N–C) groups is 1. The molecule has 108 valence electrons. The van der Waals surface area contributed by atoms with Crippen LogP contribution in [0.15, 0.2) is 4.99 Å². The largest absolute Gasteiger partial charge is 0.395 e. The lowest BCUT2D eigenvalue weighted by atomic mass is 9.85. The molecule has 0 amide bonds. The minimum absolute atomic E-state index is 0.0188. The Morgan fingerprint density at radius 1 is 1.47 bits per heavy atom. The van der Waals surface area contributed by atoms with Crippen molar-refractivity contribution in [1.82, 2.24) is 15.3 Å². The molecule has 0 saturated carbocycles. The monoisotopic (exact) mass is 274 g/mol. The maximum Gasteiger partial charge on any atom is 0.204 e. The number of aliphatic hydroxyl groups is 3. The van der Waals surface area contributed by atoms with E-state index in [1.165, 1.54) is 4.90 Å². The van der Waals surface area contributed by atoms with Gasteiger partial charge in [-0.2, -0.15) is 5.06 Å². The fourth-order valence-corrected chi connectivity index (χ4v) is 3.37. The van der Waals surface area contributed by atoms with E-state index < -0.39 is 36.4 Å². The lowest BCUT2D eigenvalue weighted by molar-refractivity contribution is -0.304. The number of hydroxylamine groups is 2. The summed E-state index contributed by atoms with van der Waals surface area (Å²) in [4.78, 5) is 5.57. The first-order valence-corrected chi connectivity index (χ1v) is 6.02. The number of guanidine groups is 1. The summed E-state index contributed by atoms with van der Waals surface area (Å²) < 4.78 is 0. The number of hydrogen-bond acceptors (Lipinski definition) is 10. The Bertz CT molecular complexity index is 431. The Hall–Kier alpha value is -1.01. The van der Waals surface area contributed by atoms with Crippen LogP contribution in [0.4, 0.5) is 0 Å². The molecule has 10 heteroatoms. The average Bonchev–Trinajstić information content (AvgIpc) is 2.80. The molecule has 2 saturated heterocycles. The third-order valence-corrected chi connectivity index (χ3v) is 4.27. The Kier molecular flexibility index (Phi) is 2.57. The van der Waals surface area contributed by atoms with Crippen molar-refractivity contribution in [3.63, 3.8) is 0 Å². The highest BCUT2D eigenvalue weighted by atomic mass is 16.5. The highest BCUT2D eigenvalue weighted by Gasteiger charge is 2.71. The van der Waals surface area contributed by atoms with Crippen LogP contribution < -0.4 is 16.8 Å². The van der Waals surface area contributed by atoms with E-state index in [4.69, 9.17) is 11.5 Å². The molecule has 1 unspecified atom stereocenters. The molecule has 0 aromatic carbocycles. The Morgan fingerprint density at radius 2 is 2.16 bits per heavy atom. The van der Waals surface area contributed by atoms with Crippen molar-refractivity contribution in [3.8, 4) is 0 Å². The number of nitrogens with zero attached hydrogens (tertiary/aromatic N) is 3. The quantitative estimate of drug-likeness (QED) is 0.234. The van der Waals surface area contributed by atoms with Gasteiger partial charge in [0.2, 0.25) is 5.79 Å². The van der Waals surface area contributed by atoms with Gasteiger partial charge in [0.05, 0.1) is 12.6 Å². The van der Waals surface area contributed by atoms with Crippen LogP contribution in [0.1, 0.15) is 6.42 Å². The topological polar surface area (TPSA) is 164 Å². The van der Waals surface area contributed by atoms with Crippen LogP contribution in [0.25, 0.3) is 0 Å². The fourth-order valence-electron chi connectivity index (χ4n) is 3.37. The number of aliphatic hydroxyl groups excluding tert-OH is 1. The van der Waals surface area contributed by atoms with Crippen molar-refractivity contribution in [2.45, 2.75) is 36.2 Å². The molecule has 0 aromatic rings. The molecular formula is C9H18N6O4. The number of nitrogens with two attached hydrogens (primary N) is 2. The van der Waals surface area contributed by atoms with Crippen LogP contribution in [0.5, 0.6) is 0 Å². The SMILES string of the molecule is NC1=N[C@H]2[C@H](CO)N(O)C(N)N3CCC(O)(O)[C@]23N1. The minimum Gasteiger partial charge on any atom is -0.395 e. The van der Waals surface area contributed by atoms with Crippen molar-refractivity contribution in [3.05, 3.63) is 0 Å². The lowest BCUT2D eigenvalue weighted by Gasteiger charge is -2.54. The van der Waals surface area contributed by atoms with Crippen LogP contribution in [0.2, 0.25) is 0 Å². The van der Waals surface area contributed by atoms with Crippen molar-refractivity contribution in [1.29, 1.82) is 0 Å². The summed E-state index contributed by atoms with van der Waals surface area (Å²) in [5.41, 5.74) is 10.1. The van der Waals surface area contributed by atoms with Gasteiger partial charge in [-0.05, 0) is 0 Å². The molecule has 3 rings (SSSR count). The molecular weight excluding hydrogens is 256 g/mol. The molecule has 3 aliphatic heterocycles. The second-order valence-electron chi connectivity index (χ2n) is 5.15. The van der Waals surface area contributed by atoms with Gasteiger partial charge in [-0.3, -0.25) is 0 Å². The molecule has 9 N–H and O–H groups in total. The van der Waals surface area contributed by atoms with Crippen LogP contribution >= 0.6 is 0 Å². The predicted octanol–water partition coefficient (Wildman–Crippen LogP) is -4.34. The highest BCUT2D eigenvalue weighted by molar-refractivity contribution is 5.82. The van der Waals surface area contributed by atoms with Crippen molar-refractivity contribution >= 4 is 5.96 Å². The molecule has 0 radical (unpaired) electrons. The van der Waals surface area contributed by atoms with Gasteiger partial charge in [-0.15, -0.1) is 0 Å². The zero-order valence-corrected chi connectivity index (χ0v) is 10.1. The molecule has 0 aliphatic carbocycles. The third kappa shape index (κ3) is 1.36. The first kappa shape index (κ1) is 13.0. The van der Waals surface area contributed by atoms with Gasteiger partial charge in [-0.1, -0.05) is 0 Å². The normalized spacial score (nSPS) is 45.5. The fraction of sp³-hybridized carbons (Fsp3) is 0.889. The van der Waals surface area contributed by atoms with E-state index in [9.17, 15) is 20.5 Å². The van der Waals surface area contributed by atoms with Gasteiger partial charge >= 0.3 is 0 Å². The molecule has 3 aliphatic rings. The van der Waals surface area contributed by atoms with Gasteiger partial charge < -0.3 is 37.3 Å². The van der Waals surface area contributed by atoms with E-state index in [1.54, 1.807) is 0 Å². The lowest BCUT2D eigenvalue weighted by Crippen LogP contribution is -2.82. The summed E-state index contributed by atoms with van der Waals surface area (Å²) in [5.74, 6) is -2.10. The van der Waals surface area contributed by atoms with Crippen molar-refractivity contribution in [2.24, 2.45) is 16.5 Å². The maximum atomic E-state index is 10.3. The van der Waals surface area contributed by atoms with E-state index in [-0.39, 0.29) is 18.9 Å². The molecule has 3 heterocycles. The molecule has 4 atom stereocenters. The second kappa shape index (κ2) is 3.76. The Balaban J connectivity index is 2.12. The van der Waals surface area contributed by atoms with E-state index >= 15 is 0 Å². The average molecular weight is 274 g/mol. The number of hydrogen-bond donors (Lipinski definition) is 7. The summed E-state index contributed by atoms with van der Waals surface area (Å²) in [6.07, 6.45) is -0.970. The second-order valence-corrected chi connectivity index (χ2v) is 5.15. The van der Waals surface area contributed by atoms with E-state index in [0.717, 1.165) is 5.06 Å². The first-order valence-electron chi connectivity index (χ1n) is 6.02. The van der Waals surface area contributed by atoms with Gasteiger partial charge in [-0.25, -0.2) is 9.89 Å². The van der Waals surface area contributed by atoms with Gasteiger partial charge in [0.15, 0.2) is 11.6 Å². The minimum atomic E-state index is -2.12. The summed E-state index contributed by atoms with van der Waals surface area (Å²) >= 11 is 0. The van der Waals surface area contributed by atoms with Crippen LogP contribution in [0, 0.1) is 0 Å². The molecule has 10 nitrogen and oxygen atoms in total. The highest BCUT2D eigenvalue weighted by Crippen LogP contribution is 2.46. The van der Waals surface area contributed by atoms with E-state index in [1.807, 2.05) is 0 Å².